The van der Waals surface area contributed by atoms with Gasteiger partial charge in [-0.05, 0) is 70.2 Å². The average Bonchev–Trinajstić information content (AvgIpc) is 3.59. The van der Waals surface area contributed by atoms with Gasteiger partial charge in [-0.3, -0.25) is 4.79 Å². The summed E-state index contributed by atoms with van der Waals surface area (Å²) >= 11 is 0. The molecule has 1 aromatic carbocycles. The van der Waals surface area contributed by atoms with E-state index in [1.165, 1.54) is 25.8 Å². The molecule has 1 amide bonds. The molecule has 7 heteroatoms. The number of benzene rings is 1. The number of likely N-dealkylation sites (tertiary alicyclic amines) is 1. The number of nitrogens with zero attached hydrogens (tertiary/aromatic N) is 2. The van der Waals surface area contributed by atoms with Crippen molar-refractivity contribution < 1.29 is 9.53 Å². The van der Waals surface area contributed by atoms with Gasteiger partial charge in [0.15, 0.2) is 12.6 Å². The summed E-state index contributed by atoms with van der Waals surface area (Å²) in [7, 11) is 0. The predicted molar refractivity (Wildman–Crippen MR) is 125 cm³/mol. The first kappa shape index (κ1) is 23.4. The Bertz CT molecular complexity index is 720. The lowest BCUT2D eigenvalue weighted by Crippen LogP contribution is -2.41. The number of aliphatic imine (C=N–C) groups is 1. The predicted octanol–water partition coefficient (Wildman–Crippen LogP) is 2.66. The summed E-state index contributed by atoms with van der Waals surface area (Å²) < 4.78 is 5.64. The second-order valence-corrected chi connectivity index (χ2v) is 8.63. The van der Waals surface area contributed by atoms with E-state index in [0.29, 0.717) is 24.4 Å². The van der Waals surface area contributed by atoms with Crippen molar-refractivity contribution in [3.8, 4) is 5.75 Å². The molecule has 0 spiro atoms. The Morgan fingerprint density at radius 1 is 1.23 bits per heavy atom. The summed E-state index contributed by atoms with van der Waals surface area (Å²) in [6.07, 6.45) is 7.30. The van der Waals surface area contributed by atoms with Gasteiger partial charge in [-0.2, -0.15) is 0 Å². The van der Waals surface area contributed by atoms with E-state index in [4.69, 9.17) is 9.73 Å². The maximum absolute atomic E-state index is 11.8. The van der Waals surface area contributed by atoms with Crippen LogP contribution in [0.1, 0.15) is 57.9 Å². The fourth-order valence-electron chi connectivity index (χ4n) is 3.87. The normalized spacial score (nSPS) is 19.7. The van der Waals surface area contributed by atoms with Crippen molar-refractivity contribution in [1.29, 1.82) is 0 Å². The summed E-state index contributed by atoms with van der Waals surface area (Å²) in [5.74, 6) is 1.49. The smallest absolute Gasteiger partial charge is 0.258 e. The van der Waals surface area contributed by atoms with Gasteiger partial charge in [-0.25, -0.2) is 4.99 Å². The number of carbonyl (C=O) groups excluding carboxylic acids is 1. The van der Waals surface area contributed by atoms with Gasteiger partial charge >= 0.3 is 0 Å². The Kier molecular flexibility index (Phi) is 9.46. The highest BCUT2D eigenvalue weighted by Crippen LogP contribution is 2.19. The topological polar surface area (TPSA) is 78.0 Å². The first-order valence-electron chi connectivity index (χ1n) is 11.9. The van der Waals surface area contributed by atoms with E-state index in [1.807, 2.05) is 24.3 Å². The molecule has 2 fully saturated rings. The van der Waals surface area contributed by atoms with E-state index in [0.717, 1.165) is 50.4 Å². The largest absolute Gasteiger partial charge is 0.484 e. The monoisotopic (exact) mass is 429 g/mol. The molecule has 1 saturated heterocycles. The Labute approximate surface area is 187 Å². The van der Waals surface area contributed by atoms with Gasteiger partial charge in [0.1, 0.15) is 5.75 Å². The van der Waals surface area contributed by atoms with Crippen molar-refractivity contribution in [2.45, 2.75) is 71.0 Å². The zero-order chi connectivity index (χ0) is 21.9. The lowest BCUT2D eigenvalue weighted by molar-refractivity contribution is -0.123. The van der Waals surface area contributed by atoms with E-state index in [1.54, 1.807) is 0 Å². The van der Waals surface area contributed by atoms with Gasteiger partial charge in [-0.15, -0.1) is 0 Å². The molecule has 1 aromatic rings. The molecule has 0 radical (unpaired) electrons. The van der Waals surface area contributed by atoms with Crippen LogP contribution in [-0.2, 0) is 11.3 Å². The Morgan fingerprint density at radius 3 is 2.87 bits per heavy atom. The van der Waals surface area contributed by atoms with Gasteiger partial charge in [0.25, 0.3) is 5.91 Å². The minimum atomic E-state index is -0.0523. The maximum Gasteiger partial charge on any atom is 0.258 e. The van der Waals surface area contributed by atoms with Crippen LogP contribution in [0.25, 0.3) is 0 Å². The number of nitrogens with one attached hydrogen (secondary N) is 3. The van der Waals surface area contributed by atoms with Gasteiger partial charge in [-0.1, -0.05) is 18.6 Å². The van der Waals surface area contributed by atoms with Crippen LogP contribution in [0.4, 0.5) is 0 Å². The zero-order valence-electron chi connectivity index (χ0n) is 19.2. The van der Waals surface area contributed by atoms with Crippen LogP contribution in [0, 0.1) is 0 Å². The number of guanidine groups is 1. The molecule has 1 saturated carbocycles. The van der Waals surface area contributed by atoms with Crippen molar-refractivity contribution in [3.05, 3.63) is 29.8 Å². The summed E-state index contributed by atoms with van der Waals surface area (Å²) in [6, 6.07) is 8.88. The van der Waals surface area contributed by atoms with Crippen LogP contribution in [0.15, 0.2) is 29.3 Å². The van der Waals surface area contributed by atoms with Gasteiger partial charge in [0, 0.05) is 31.7 Å². The zero-order valence-corrected chi connectivity index (χ0v) is 19.2. The standard InChI is InChI=1S/C24H39N5O2/c1-3-25-24(26-13-7-15-29-14-5-4-8-19(29)2)27-17-20-9-6-10-22(16-20)31-18-23(30)28-21-11-12-21/h6,9-10,16,19,21H,3-5,7-8,11-15,17-18H2,1-2H3,(H,28,30)(H2,25,26,27). The number of hydrogen-bond donors (Lipinski definition) is 3. The van der Waals surface area contributed by atoms with Crippen molar-refractivity contribution in [2.24, 2.45) is 4.99 Å². The summed E-state index contributed by atoms with van der Waals surface area (Å²) in [6.45, 7) is 9.15. The third kappa shape index (κ3) is 8.77. The molecule has 31 heavy (non-hydrogen) atoms. The second kappa shape index (κ2) is 12.5. The van der Waals surface area contributed by atoms with Crippen molar-refractivity contribution >= 4 is 11.9 Å². The summed E-state index contributed by atoms with van der Waals surface area (Å²) in [5.41, 5.74) is 1.06. The molecule has 2 aliphatic rings. The van der Waals surface area contributed by atoms with E-state index in [2.05, 4.69) is 34.7 Å². The Hall–Kier alpha value is -2.28. The molecule has 1 unspecified atom stereocenters. The maximum atomic E-state index is 11.8. The highest BCUT2D eigenvalue weighted by atomic mass is 16.5. The third-order valence-corrected chi connectivity index (χ3v) is 5.83. The first-order chi connectivity index (χ1) is 15.1. The fourth-order valence-corrected chi connectivity index (χ4v) is 3.87. The molecule has 172 valence electrons. The van der Waals surface area contributed by atoms with E-state index < -0.39 is 0 Å². The highest BCUT2D eigenvalue weighted by Gasteiger charge is 2.23. The fraction of sp³-hybridized carbons (Fsp3) is 0.667. The van der Waals surface area contributed by atoms with E-state index in [-0.39, 0.29) is 12.5 Å². The van der Waals surface area contributed by atoms with E-state index >= 15 is 0 Å². The molecule has 7 nitrogen and oxygen atoms in total. The lowest BCUT2D eigenvalue weighted by atomic mass is 10.0. The lowest BCUT2D eigenvalue weighted by Gasteiger charge is -2.33. The molecule has 1 heterocycles. The highest BCUT2D eigenvalue weighted by molar-refractivity contribution is 5.79. The summed E-state index contributed by atoms with van der Waals surface area (Å²) in [4.78, 5) is 19.1. The van der Waals surface area contributed by atoms with Crippen LogP contribution >= 0.6 is 0 Å². The number of piperidine rings is 1. The second-order valence-electron chi connectivity index (χ2n) is 8.63. The quantitative estimate of drug-likeness (QED) is 0.286. The van der Waals surface area contributed by atoms with Gasteiger partial charge < -0.3 is 25.6 Å². The molecule has 0 aromatic heterocycles. The number of amides is 1. The molecular formula is C24H39N5O2. The Morgan fingerprint density at radius 2 is 2.10 bits per heavy atom. The number of ether oxygens (including phenoxy) is 1. The SMILES string of the molecule is CCNC(=NCc1cccc(OCC(=O)NC2CC2)c1)NCCCN1CCCCC1C. The van der Waals surface area contributed by atoms with Gasteiger partial charge in [0.05, 0.1) is 6.54 Å². The van der Waals surface area contributed by atoms with Crippen LogP contribution in [-0.4, -0.2) is 61.6 Å². The van der Waals surface area contributed by atoms with Crippen molar-refractivity contribution in [3.63, 3.8) is 0 Å². The first-order valence-corrected chi connectivity index (χ1v) is 11.9. The van der Waals surface area contributed by atoms with E-state index in [9.17, 15) is 4.79 Å². The Balaban J connectivity index is 1.41. The molecule has 3 N–H and O–H groups in total. The molecule has 1 aliphatic heterocycles. The number of hydrogen-bond acceptors (Lipinski definition) is 4. The average molecular weight is 430 g/mol. The molecule has 1 atom stereocenters. The molecular weight excluding hydrogens is 390 g/mol. The molecule has 0 bridgehead atoms. The number of rotatable bonds is 11. The molecule has 1 aliphatic carbocycles. The van der Waals surface area contributed by atoms with Crippen LogP contribution < -0.4 is 20.7 Å². The van der Waals surface area contributed by atoms with Crippen molar-refractivity contribution in [2.75, 3.05) is 32.8 Å². The third-order valence-electron chi connectivity index (χ3n) is 5.83. The minimum Gasteiger partial charge on any atom is -0.484 e. The van der Waals surface area contributed by atoms with Crippen LogP contribution in [0.2, 0.25) is 0 Å². The minimum absolute atomic E-state index is 0.0523. The molecule has 3 rings (SSSR count). The van der Waals surface area contributed by atoms with Crippen molar-refractivity contribution in [1.82, 2.24) is 20.9 Å². The van der Waals surface area contributed by atoms with Crippen LogP contribution in [0.5, 0.6) is 5.75 Å². The van der Waals surface area contributed by atoms with Crippen LogP contribution in [0.3, 0.4) is 0 Å². The summed E-state index contributed by atoms with van der Waals surface area (Å²) in [5, 5.41) is 9.71. The number of carbonyl (C=O) groups is 1. The van der Waals surface area contributed by atoms with Gasteiger partial charge in [0.2, 0.25) is 0 Å².